The van der Waals surface area contributed by atoms with E-state index in [1.165, 1.54) is 6.07 Å². The van der Waals surface area contributed by atoms with E-state index in [0.29, 0.717) is 37.8 Å². The molecule has 1 saturated heterocycles. The van der Waals surface area contributed by atoms with E-state index in [2.05, 4.69) is 20.6 Å². The molecule has 1 aliphatic heterocycles. The van der Waals surface area contributed by atoms with Crippen molar-refractivity contribution in [2.24, 2.45) is 0 Å². The summed E-state index contributed by atoms with van der Waals surface area (Å²) in [7, 11) is 0. The van der Waals surface area contributed by atoms with E-state index in [9.17, 15) is 14.4 Å². The lowest BCUT2D eigenvalue weighted by atomic mass is 10.1. The Labute approximate surface area is 244 Å². The molecule has 4 rings (SSSR count). The van der Waals surface area contributed by atoms with Gasteiger partial charge in [0.25, 0.3) is 5.91 Å². The minimum atomic E-state index is -1.23. The Bertz CT molecular complexity index is 1360. The molecule has 2 aromatic carbocycles. The van der Waals surface area contributed by atoms with Gasteiger partial charge in [-0.15, -0.1) is 0 Å². The number of amides is 2. The molecule has 1 aromatic heterocycles. The maximum atomic E-state index is 15.1. The fraction of sp³-hybridized carbons (Fsp3) is 0.367. The van der Waals surface area contributed by atoms with Crippen molar-refractivity contribution in [3.05, 3.63) is 83.9 Å². The number of halogens is 1. The number of rotatable bonds is 9. The average Bonchev–Trinajstić information content (AvgIpc) is 2.98. The fourth-order valence-electron chi connectivity index (χ4n) is 4.28. The molecule has 0 saturated carbocycles. The molecule has 222 valence electrons. The molecule has 2 N–H and O–H groups in total. The minimum Gasteiger partial charge on any atom is -0.458 e. The third-order valence-electron chi connectivity index (χ3n) is 6.33. The largest absolute Gasteiger partial charge is 0.458 e. The Kier molecular flexibility index (Phi) is 9.89. The summed E-state index contributed by atoms with van der Waals surface area (Å²) in [5, 5.41) is 5.04. The molecule has 11 nitrogen and oxygen atoms in total. The lowest BCUT2D eigenvalue weighted by molar-refractivity contribution is -0.157. The van der Waals surface area contributed by atoms with Gasteiger partial charge in [0.1, 0.15) is 24.1 Å². The number of alkyl carbamates (subject to hydrolysis) is 1. The first-order valence-corrected chi connectivity index (χ1v) is 13.6. The van der Waals surface area contributed by atoms with Crippen LogP contribution in [-0.2, 0) is 20.9 Å². The van der Waals surface area contributed by atoms with Gasteiger partial charge >= 0.3 is 12.1 Å². The lowest BCUT2D eigenvalue weighted by Crippen LogP contribution is -2.50. The SMILES string of the molecule is CC(C)(C)OC(=O)[C@H](CNC(=O)c1ccc(N2CCN(c3ncccn3)CC2)c(F)c1)NC(=O)OCc1ccccc1. The number of aromatic nitrogens is 2. The van der Waals surface area contributed by atoms with Gasteiger partial charge in [0.05, 0.1) is 5.69 Å². The van der Waals surface area contributed by atoms with Crippen LogP contribution < -0.4 is 20.4 Å². The van der Waals surface area contributed by atoms with Crippen LogP contribution in [0.15, 0.2) is 67.0 Å². The summed E-state index contributed by atoms with van der Waals surface area (Å²) in [6.45, 7) is 7.14. The second-order valence-electron chi connectivity index (χ2n) is 10.7. The molecule has 12 heteroatoms. The quantitative estimate of drug-likeness (QED) is 0.368. The summed E-state index contributed by atoms with van der Waals surface area (Å²) in [4.78, 5) is 50.6. The Balaban J connectivity index is 1.34. The molecule has 1 aliphatic rings. The summed E-state index contributed by atoms with van der Waals surface area (Å²) in [6, 6.07) is 13.8. The highest BCUT2D eigenvalue weighted by Crippen LogP contribution is 2.23. The normalized spacial score (nSPS) is 14.1. The summed E-state index contributed by atoms with van der Waals surface area (Å²) in [6.07, 6.45) is 2.52. The highest BCUT2D eigenvalue weighted by molar-refractivity contribution is 5.95. The van der Waals surface area contributed by atoms with E-state index < -0.39 is 35.4 Å². The molecular formula is C30H35FN6O5. The molecule has 1 atom stereocenters. The second kappa shape index (κ2) is 13.7. The number of hydrogen-bond acceptors (Lipinski definition) is 9. The van der Waals surface area contributed by atoms with Gasteiger partial charge in [-0.1, -0.05) is 30.3 Å². The molecule has 42 heavy (non-hydrogen) atoms. The first-order chi connectivity index (χ1) is 20.1. The maximum Gasteiger partial charge on any atom is 0.408 e. The number of ether oxygens (including phenoxy) is 2. The summed E-state index contributed by atoms with van der Waals surface area (Å²) in [5.74, 6) is -1.27. The smallest absolute Gasteiger partial charge is 0.408 e. The lowest BCUT2D eigenvalue weighted by Gasteiger charge is -2.36. The highest BCUT2D eigenvalue weighted by Gasteiger charge is 2.28. The van der Waals surface area contributed by atoms with Crippen LogP contribution in [0, 0.1) is 5.82 Å². The van der Waals surface area contributed by atoms with E-state index in [1.54, 1.807) is 57.4 Å². The van der Waals surface area contributed by atoms with Crippen molar-refractivity contribution in [1.82, 2.24) is 20.6 Å². The molecule has 0 aliphatic carbocycles. The third-order valence-corrected chi connectivity index (χ3v) is 6.33. The zero-order valence-corrected chi connectivity index (χ0v) is 23.9. The van der Waals surface area contributed by atoms with Crippen LogP contribution in [0.1, 0.15) is 36.7 Å². The first kappa shape index (κ1) is 30.2. The number of hydrogen-bond donors (Lipinski definition) is 2. The van der Waals surface area contributed by atoms with Crippen molar-refractivity contribution in [2.45, 2.75) is 39.0 Å². The van der Waals surface area contributed by atoms with Crippen molar-refractivity contribution in [2.75, 3.05) is 42.5 Å². The molecule has 3 aromatic rings. The standard InChI is InChI=1S/C30H35FN6O5/c1-30(2,3)42-27(39)24(35-29(40)41-20-21-8-5-4-6-9-21)19-34-26(38)22-10-11-25(23(31)18-22)36-14-16-37(17-15-36)28-32-12-7-13-33-28/h4-13,18,24H,14-17,19-20H2,1-3H3,(H,34,38)(H,35,40)/t24-/m0/s1. The van der Waals surface area contributed by atoms with Crippen LogP contribution in [-0.4, -0.2) is 72.3 Å². The van der Waals surface area contributed by atoms with Crippen molar-refractivity contribution < 1.29 is 28.2 Å². The van der Waals surface area contributed by atoms with Crippen molar-refractivity contribution in [3.63, 3.8) is 0 Å². The number of carbonyl (C=O) groups excluding carboxylic acids is 3. The first-order valence-electron chi connectivity index (χ1n) is 13.6. The Hall–Kier alpha value is -4.74. The molecule has 0 unspecified atom stereocenters. The molecule has 0 bridgehead atoms. The van der Waals surface area contributed by atoms with Gasteiger partial charge < -0.3 is 29.9 Å². The van der Waals surface area contributed by atoms with Gasteiger partial charge in [-0.25, -0.2) is 23.9 Å². The van der Waals surface area contributed by atoms with E-state index in [1.807, 2.05) is 28.0 Å². The van der Waals surface area contributed by atoms with Gasteiger partial charge in [-0.3, -0.25) is 4.79 Å². The summed E-state index contributed by atoms with van der Waals surface area (Å²) >= 11 is 0. The van der Waals surface area contributed by atoms with E-state index in [0.717, 1.165) is 11.6 Å². The van der Waals surface area contributed by atoms with Crippen LogP contribution in [0.25, 0.3) is 0 Å². The average molecular weight is 579 g/mol. The third kappa shape index (κ3) is 8.63. The van der Waals surface area contributed by atoms with Crippen LogP contribution in [0.5, 0.6) is 0 Å². The number of anilines is 2. The van der Waals surface area contributed by atoms with Crippen molar-refractivity contribution in [1.29, 1.82) is 0 Å². The monoisotopic (exact) mass is 578 g/mol. The van der Waals surface area contributed by atoms with Gasteiger partial charge in [0.2, 0.25) is 5.95 Å². The minimum absolute atomic E-state index is 0.000772. The number of esters is 1. The van der Waals surface area contributed by atoms with Gasteiger partial charge in [-0.2, -0.15) is 0 Å². The Morgan fingerprint density at radius 1 is 0.952 bits per heavy atom. The highest BCUT2D eigenvalue weighted by atomic mass is 19.1. The number of nitrogens with zero attached hydrogens (tertiary/aromatic N) is 4. The Morgan fingerprint density at radius 3 is 2.26 bits per heavy atom. The predicted octanol–water partition coefficient (Wildman–Crippen LogP) is 3.31. The van der Waals surface area contributed by atoms with E-state index in [4.69, 9.17) is 9.47 Å². The van der Waals surface area contributed by atoms with E-state index in [-0.39, 0.29) is 18.7 Å². The van der Waals surface area contributed by atoms with Crippen molar-refractivity contribution in [3.8, 4) is 0 Å². The van der Waals surface area contributed by atoms with Crippen LogP contribution in [0.2, 0.25) is 0 Å². The number of nitrogens with one attached hydrogen (secondary N) is 2. The van der Waals surface area contributed by atoms with Gasteiger partial charge in [-0.05, 0) is 50.6 Å². The number of benzene rings is 2. The molecule has 0 spiro atoms. The molecule has 1 fully saturated rings. The molecule has 2 heterocycles. The maximum absolute atomic E-state index is 15.1. The van der Waals surface area contributed by atoms with Crippen LogP contribution in [0.3, 0.4) is 0 Å². The summed E-state index contributed by atoms with van der Waals surface area (Å²) < 4.78 is 25.7. The number of piperazine rings is 1. The topological polar surface area (TPSA) is 126 Å². The molecular weight excluding hydrogens is 543 g/mol. The van der Waals surface area contributed by atoms with Crippen molar-refractivity contribution >= 4 is 29.6 Å². The zero-order chi connectivity index (χ0) is 30.1. The van der Waals surface area contributed by atoms with E-state index >= 15 is 4.39 Å². The number of carbonyl (C=O) groups is 3. The molecule has 0 radical (unpaired) electrons. The summed E-state index contributed by atoms with van der Waals surface area (Å²) in [5.41, 5.74) is 0.400. The predicted molar refractivity (Wildman–Crippen MR) is 155 cm³/mol. The van der Waals surface area contributed by atoms with Gasteiger partial charge in [0.15, 0.2) is 0 Å². The second-order valence-corrected chi connectivity index (χ2v) is 10.7. The van der Waals surface area contributed by atoms with Crippen LogP contribution >= 0.6 is 0 Å². The van der Waals surface area contributed by atoms with Gasteiger partial charge in [0, 0.05) is 50.7 Å². The van der Waals surface area contributed by atoms with Crippen LogP contribution in [0.4, 0.5) is 20.8 Å². The fourth-order valence-corrected chi connectivity index (χ4v) is 4.28. The Morgan fingerprint density at radius 2 is 1.62 bits per heavy atom. The molecule has 2 amide bonds. The zero-order valence-electron chi connectivity index (χ0n) is 23.9.